The Bertz CT molecular complexity index is 374. The quantitative estimate of drug-likeness (QED) is 0.856. The number of hydrogen-bond donors (Lipinski definition) is 1. The highest BCUT2D eigenvalue weighted by atomic mass is 19.1. The summed E-state index contributed by atoms with van der Waals surface area (Å²) in [6, 6.07) is 4.81. The van der Waals surface area contributed by atoms with Gasteiger partial charge in [0, 0.05) is 0 Å². The highest BCUT2D eigenvalue weighted by Gasteiger charge is 2.25. The van der Waals surface area contributed by atoms with Crippen LogP contribution in [0.2, 0.25) is 0 Å². The second-order valence-corrected chi connectivity index (χ2v) is 5.03. The van der Waals surface area contributed by atoms with Crippen molar-refractivity contribution in [1.29, 1.82) is 0 Å². The molecule has 0 radical (unpaired) electrons. The maximum atomic E-state index is 13.5. The highest BCUT2D eigenvalue weighted by molar-refractivity contribution is 5.29. The van der Waals surface area contributed by atoms with E-state index in [-0.39, 0.29) is 17.0 Å². The number of ether oxygens (including phenoxy) is 1. The molecule has 0 saturated heterocycles. The van der Waals surface area contributed by atoms with E-state index in [1.165, 1.54) is 13.2 Å². The lowest BCUT2D eigenvalue weighted by Gasteiger charge is -2.29. The fourth-order valence-corrected chi connectivity index (χ4v) is 1.57. The monoisotopic (exact) mass is 240 g/mol. The number of aliphatic hydroxyl groups is 1. The maximum absolute atomic E-state index is 13.5. The summed E-state index contributed by atoms with van der Waals surface area (Å²) in [5.74, 6) is -0.149. The minimum Gasteiger partial charge on any atom is -0.494 e. The first kappa shape index (κ1) is 14.0. The fraction of sp³-hybridized carbons (Fsp3) is 0.571. The van der Waals surface area contributed by atoms with E-state index in [1.54, 1.807) is 12.1 Å². The number of halogens is 1. The summed E-state index contributed by atoms with van der Waals surface area (Å²) < 4.78 is 18.3. The minimum atomic E-state index is -0.472. The predicted molar refractivity (Wildman–Crippen MR) is 66.7 cm³/mol. The van der Waals surface area contributed by atoms with Gasteiger partial charge < -0.3 is 9.84 Å². The third kappa shape index (κ3) is 3.43. The Hall–Kier alpha value is -1.09. The molecule has 0 saturated carbocycles. The van der Waals surface area contributed by atoms with Gasteiger partial charge in [0.15, 0.2) is 11.6 Å². The van der Waals surface area contributed by atoms with E-state index >= 15 is 0 Å². The Morgan fingerprint density at radius 1 is 1.41 bits per heavy atom. The van der Waals surface area contributed by atoms with E-state index < -0.39 is 6.10 Å². The molecular weight excluding hydrogens is 219 g/mol. The topological polar surface area (TPSA) is 29.5 Å². The molecule has 0 fully saturated rings. The normalized spacial score (nSPS) is 13.5. The largest absolute Gasteiger partial charge is 0.494 e. The Balaban J connectivity index is 2.79. The van der Waals surface area contributed by atoms with Crippen molar-refractivity contribution in [3.05, 3.63) is 29.6 Å². The smallest absolute Gasteiger partial charge is 0.165 e. The van der Waals surface area contributed by atoms with E-state index in [2.05, 4.69) is 0 Å². The van der Waals surface area contributed by atoms with Gasteiger partial charge in [-0.25, -0.2) is 4.39 Å². The van der Waals surface area contributed by atoms with Gasteiger partial charge in [0.1, 0.15) is 0 Å². The second-order valence-electron chi connectivity index (χ2n) is 5.03. The van der Waals surface area contributed by atoms with Gasteiger partial charge in [-0.1, -0.05) is 26.8 Å². The van der Waals surface area contributed by atoms with Crippen LogP contribution >= 0.6 is 0 Å². The molecule has 0 aliphatic carbocycles. The molecule has 1 N–H and O–H groups in total. The van der Waals surface area contributed by atoms with Crippen molar-refractivity contribution >= 4 is 0 Å². The summed E-state index contributed by atoms with van der Waals surface area (Å²) in [6.07, 6.45) is 0.870. The first-order chi connectivity index (χ1) is 7.90. The van der Waals surface area contributed by atoms with Crippen LogP contribution < -0.4 is 4.74 Å². The summed E-state index contributed by atoms with van der Waals surface area (Å²) in [4.78, 5) is 0. The Kier molecular flexibility index (Phi) is 4.52. The number of rotatable bonds is 5. The molecule has 0 aliphatic rings. The van der Waals surface area contributed by atoms with E-state index in [9.17, 15) is 9.50 Å². The molecule has 96 valence electrons. The van der Waals surface area contributed by atoms with E-state index in [1.807, 2.05) is 20.8 Å². The zero-order valence-electron chi connectivity index (χ0n) is 11.0. The number of hydrogen-bond acceptors (Lipinski definition) is 2. The zero-order chi connectivity index (χ0) is 13.1. The van der Waals surface area contributed by atoms with Crippen LogP contribution in [0.25, 0.3) is 0 Å². The van der Waals surface area contributed by atoms with Crippen LogP contribution in [-0.4, -0.2) is 18.3 Å². The molecule has 0 bridgehead atoms. The third-order valence-electron chi connectivity index (χ3n) is 3.46. The molecule has 1 atom stereocenters. The maximum Gasteiger partial charge on any atom is 0.165 e. The molecule has 17 heavy (non-hydrogen) atoms. The van der Waals surface area contributed by atoms with Gasteiger partial charge in [-0.05, 0) is 36.0 Å². The lowest BCUT2D eigenvalue weighted by Crippen LogP contribution is -2.30. The summed E-state index contributed by atoms with van der Waals surface area (Å²) >= 11 is 0. The van der Waals surface area contributed by atoms with Crippen molar-refractivity contribution in [2.24, 2.45) is 5.41 Å². The molecule has 0 aromatic heterocycles. The molecule has 1 aromatic carbocycles. The molecule has 1 rings (SSSR count). The van der Waals surface area contributed by atoms with Gasteiger partial charge in [-0.3, -0.25) is 0 Å². The van der Waals surface area contributed by atoms with Crippen LogP contribution in [0, 0.1) is 11.2 Å². The molecule has 0 amide bonds. The van der Waals surface area contributed by atoms with Crippen LogP contribution in [0.1, 0.15) is 32.8 Å². The van der Waals surface area contributed by atoms with Crippen molar-refractivity contribution in [2.75, 3.05) is 7.11 Å². The Morgan fingerprint density at radius 3 is 2.53 bits per heavy atom. The first-order valence-electron chi connectivity index (χ1n) is 5.91. The predicted octanol–water partition coefficient (Wildman–Crippen LogP) is 3.17. The highest BCUT2D eigenvalue weighted by Crippen LogP contribution is 2.28. The average molecular weight is 240 g/mol. The molecule has 0 heterocycles. The van der Waals surface area contributed by atoms with Crippen LogP contribution in [0.15, 0.2) is 18.2 Å². The van der Waals surface area contributed by atoms with Gasteiger partial charge >= 0.3 is 0 Å². The van der Waals surface area contributed by atoms with Crippen molar-refractivity contribution in [2.45, 2.75) is 39.7 Å². The fourth-order valence-electron chi connectivity index (χ4n) is 1.57. The number of methoxy groups -OCH3 is 1. The van der Waals surface area contributed by atoms with Crippen molar-refractivity contribution in [3.63, 3.8) is 0 Å². The number of aliphatic hydroxyl groups excluding tert-OH is 1. The molecule has 1 unspecified atom stereocenters. The molecular formula is C14H21FO2. The molecule has 3 heteroatoms. The van der Waals surface area contributed by atoms with E-state index in [4.69, 9.17) is 4.74 Å². The Labute approximate surface area is 102 Å². The van der Waals surface area contributed by atoms with Crippen molar-refractivity contribution in [1.82, 2.24) is 0 Å². The summed E-state index contributed by atoms with van der Waals surface area (Å²) in [6.45, 7) is 6.06. The summed E-state index contributed by atoms with van der Waals surface area (Å²) in [5.41, 5.74) is 0.633. The molecule has 0 aliphatic heterocycles. The van der Waals surface area contributed by atoms with Crippen molar-refractivity contribution in [3.8, 4) is 5.75 Å². The third-order valence-corrected chi connectivity index (χ3v) is 3.46. The van der Waals surface area contributed by atoms with Crippen LogP contribution in [0.4, 0.5) is 4.39 Å². The van der Waals surface area contributed by atoms with Gasteiger partial charge in [-0.15, -0.1) is 0 Å². The molecule has 2 nitrogen and oxygen atoms in total. The first-order valence-corrected chi connectivity index (χ1v) is 5.91. The van der Waals surface area contributed by atoms with Gasteiger partial charge in [0.25, 0.3) is 0 Å². The van der Waals surface area contributed by atoms with Crippen LogP contribution in [-0.2, 0) is 6.42 Å². The lowest BCUT2D eigenvalue weighted by atomic mass is 9.81. The minimum absolute atomic E-state index is 0.156. The van der Waals surface area contributed by atoms with Crippen LogP contribution in [0.3, 0.4) is 0 Å². The molecule has 0 spiro atoms. The average Bonchev–Trinajstić information content (AvgIpc) is 2.29. The van der Waals surface area contributed by atoms with Gasteiger partial charge in [-0.2, -0.15) is 0 Å². The zero-order valence-corrected chi connectivity index (χ0v) is 11.0. The van der Waals surface area contributed by atoms with Gasteiger partial charge in [0.05, 0.1) is 13.2 Å². The van der Waals surface area contributed by atoms with E-state index in [0.717, 1.165) is 12.0 Å². The number of benzene rings is 1. The van der Waals surface area contributed by atoms with E-state index in [0.29, 0.717) is 6.42 Å². The SMILES string of the molecule is CCC(C)(C)C(O)Cc1ccc(OC)c(F)c1. The summed E-state index contributed by atoms with van der Waals surface area (Å²) in [5, 5.41) is 10.1. The van der Waals surface area contributed by atoms with Crippen LogP contribution in [0.5, 0.6) is 5.75 Å². The van der Waals surface area contributed by atoms with Gasteiger partial charge in [0.2, 0.25) is 0 Å². The van der Waals surface area contributed by atoms with Crippen molar-refractivity contribution < 1.29 is 14.2 Å². The second kappa shape index (κ2) is 5.50. The Morgan fingerprint density at radius 2 is 2.06 bits per heavy atom. The molecule has 1 aromatic rings. The lowest BCUT2D eigenvalue weighted by molar-refractivity contribution is 0.0479. The summed E-state index contributed by atoms with van der Waals surface area (Å²) in [7, 11) is 1.44. The standard InChI is InChI=1S/C14H21FO2/c1-5-14(2,3)13(16)9-10-6-7-12(17-4)11(15)8-10/h6-8,13,16H,5,9H2,1-4H3.